The van der Waals surface area contributed by atoms with Gasteiger partial charge in [-0.3, -0.25) is 10.1 Å². The van der Waals surface area contributed by atoms with Crippen LogP contribution >= 0.6 is 27.5 Å². The zero-order valence-electron chi connectivity index (χ0n) is 8.10. The first-order valence-corrected chi connectivity index (χ1v) is 5.85. The van der Waals surface area contributed by atoms with Crippen molar-refractivity contribution in [3.05, 3.63) is 33.3 Å². The summed E-state index contributed by atoms with van der Waals surface area (Å²) in [6.07, 6.45) is -0.647. The third-order valence-corrected chi connectivity index (χ3v) is 2.78. The standard InChI is InChI=1S/C9H9BrClNO4/c10-4-7(13)5-16-9-2-1-6(12(14)15)3-8(9)11/h1-3,7,13H,4-5H2. The van der Waals surface area contributed by atoms with E-state index < -0.39 is 11.0 Å². The van der Waals surface area contributed by atoms with Crippen LogP contribution in [0.15, 0.2) is 18.2 Å². The fourth-order valence-corrected chi connectivity index (χ4v) is 1.37. The maximum Gasteiger partial charge on any atom is 0.271 e. The SMILES string of the molecule is O=[N+]([O-])c1ccc(OCC(O)CBr)c(Cl)c1. The smallest absolute Gasteiger partial charge is 0.271 e. The average molecular weight is 311 g/mol. The number of nitro benzene ring substituents is 1. The van der Waals surface area contributed by atoms with Crippen molar-refractivity contribution < 1.29 is 14.8 Å². The average Bonchev–Trinajstić information content (AvgIpc) is 2.26. The van der Waals surface area contributed by atoms with Crippen molar-refractivity contribution >= 4 is 33.2 Å². The second-order valence-electron chi connectivity index (χ2n) is 2.99. The lowest BCUT2D eigenvalue weighted by molar-refractivity contribution is -0.384. The van der Waals surface area contributed by atoms with E-state index in [0.29, 0.717) is 11.1 Å². The predicted molar refractivity (Wildman–Crippen MR) is 63.4 cm³/mol. The molecule has 1 atom stereocenters. The molecule has 1 aromatic carbocycles. The van der Waals surface area contributed by atoms with E-state index >= 15 is 0 Å². The van der Waals surface area contributed by atoms with Gasteiger partial charge in [0.1, 0.15) is 12.4 Å². The third-order valence-electron chi connectivity index (χ3n) is 1.74. The van der Waals surface area contributed by atoms with Crippen LogP contribution in [0, 0.1) is 10.1 Å². The van der Waals surface area contributed by atoms with Crippen LogP contribution in [0.5, 0.6) is 5.75 Å². The summed E-state index contributed by atoms with van der Waals surface area (Å²) >= 11 is 8.86. The van der Waals surface area contributed by atoms with Crippen molar-refractivity contribution in [2.75, 3.05) is 11.9 Å². The minimum atomic E-state index is -0.647. The van der Waals surface area contributed by atoms with E-state index in [-0.39, 0.29) is 17.3 Å². The van der Waals surface area contributed by atoms with Crippen LogP contribution in [-0.2, 0) is 0 Å². The fourth-order valence-electron chi connectivity index (χ4n) is 0.951. The molecule has 0 amide bonds. The lowest BCUT2D eigenvalue weighted by Crippen LogP contribution is -2.18. The maximum atomic E-state index is 10.4. The molecule has 16 heavy (non-hydrogen) atoms. The van der Waals surface area contributed by atoms with Crippen LogP contribution in [0.1, 0.15) is 0 Å². The highest BCUT2D eigenvalue weighted by atomic mass is 79.9. The Labute approximate surface area is 105 Å². The molecule has 7 heteroatoms. The summed E-state index contributed by atoms with van der Waals surface area (Å²) in [4.78, 5) is 9.90. The summed E-state index contributed by atoms with van der Waals surface area (Å²) in [7, 11) is 0. The molecule has 5 nitrogen and oxygen atoms in total. The molecule has 0 aromatic heterocycles. The van der Waals surface area contributed by atoms with Crippen molar-refractivity contribution in [2.45, 2.75) is 6.10 Å². The Morgan fingerprint density at radius 1 is 1.62 bits per heavy atom. The monoisotopic (exact) mass is 309 g/mol. The van der Waals surface area contributed by atoms with Crippen molar-refractivity contribution in [3.63, 3.8) is 0 Å². The van der Waals surface area contributed by atoms with Gasteiger partial charge in [-0.05, 0) is 6.07 Å². The molecule has 1 unspecified atom stereocenters. The van der Waals surface area contributed by atoms with Crippen LogP contribution in [-0.4, -0.2) is 28.1 Å². The Morgan fingerprint density at radius 3 is 2.81 bits per heavy atom. The number of aliphatic hydroxyl groups excluding tert-OH is 1. The van der Waals surface area contributed by atoms with Gasteiger partial charge in [-0.15, -0.1) is 0 Å². The molecule has 0 aliphatic rings. The zero-order chi connectivity index (χ0) is 12.1. The lowest BCUT2D eigenvalue weighted by atomic mass is 10.3. The van der Waals surface area contributed by atoms with Gasteiger partial charge in [0.05, 0.1) is 16.0 Å². The molecule has 0 heterocycles. The molecule has 1 N–H and O–H groups in total. The Morgan fingerprint density at radius 2 is 2.31 bits per heavy atom. The quantitative estimate of drug-likeness (QED) is 0.515. The molecule has 88 valence electrons. The first-order valence-electron chi connectivity index (χ1n) is 4.35. The topological polar surface area (TPSA) is 72.6 Å². The zero-order valence-corrected chi connectivity index (χ0v) is 10.4. The van der Waals surface area contributed by atoms with Gasteiger partial charge in [0.25, 0.3) is 5.69 Å². The molecule has 0 aliphatic heterocycles. The molecule has 0 spiro atoms. The van der Waals surface area contributed by atoms with E-state index in [2.05, 4.69) is 15.9 Å². The summed E-state index contributed by atoms with van der Waals surface area (Å²) in [6.45, 7) is 0.0722. The van der Waals surface area contributed by atoms with Crippen LogP contribution < -0.4 is 4.74 Å². The molecule has 0 saturated carbocycles. The molecule has 0 saturated heterocycles. The largest absolute Gasteiger partial charge is 0.489 e. The van der Waals surface area contributed by atoms with Crippen molar-refractivity contribution in [1.82, 2.24) is 0 Å². The Balaban J connectivity index is 2.72. The van der Waals surface area contributed by atoms with Gasteiger partial charge in [-0.25, -0.2) is 0 Å². The highest BCUT2D eigenvalue weighted by molar-refractivity contribution is 9.09. The number of hydrogen-bond acceptors (Lipinski definition) is 4. The van der Waals surface area contributed by atoms with Gasteiger partial charge in [0, 0.05) is 17.5 Å². The van der Waals surface area contributed by atoms with E-state index in [1.54, 1.807) is 0 Å². The van der Waals surface area contributed by atoms with Gasteiger partial charge in [-0.2, -0.15) is 0 Å². The predicted octanol–water partition coefficient (Wildman–Crippen LogP) is 2.38. The second-order valence-corrected chi connectivity index (χ2v) is 4.05. The summed E-state index contributed by atoms with van der Waals surface area (Å²) in [5.41, 5.74) is -0.0987. The lowest BCUT2D eigenvalue weighted by Gasteiger charge is -2.10. The second kappa shape index (κ2) is 6.03. The van der Waals surface area contributed by atoms with Crippen LogP contribution in [0.4, 0.5) is 5.69 Å². The van der Waals surface area contributed by atoms with E-state index in [4.69, 9.17) is 16.3 Å². The third kappa shape index (κ3) is 3.62. The first kappa shape index (κ1) is 13.2. The fraction of sp³-hybridized carbons (Fsp3) is 0.333. The molecular formula is C9H9BrClNO4. The Bertz CT molecular complexity index is 388. The van der Waals surface area contributed by atoms with E-state index in [0.717, 1.165) is 0 Å². The molecule has 0 bridgehead atoms. The number of nitrogens with zero attached hydrogens (tertiary/aromatic N) is 1. The van der Waals surface area contributed by atoms with Crippen molar-refractivity contribution in [2.24, 2.45) is 0 Å². The van der Waals surface area contributed by atoms with E-state index in [9.17, 15) is 15.2 Å². The minimum absolute atomic E-state index is 0.0722. The summed E-state index contributed by atoms with van der Waals surface area (Å²) in [5.74, 6) is 0.312. The minimum Gasteiger partial charge on any atom is -0.489 e. The summed E-state index contributed by atoms with van der Waals surface area (Å²) in [5, 5.41) is 20.2. The van der Waals surface area contributed by atoms with Gasteiger partial charge in [-0.1, -0.05) is 27.5 Å². The highest BCUT2D eigenvalue weighted by Crippen LogP contribution is 2.28. The summed E-state index contributed by atoms with van der Waals surface area (Å²) < 4.78 is 5.19. The number of benzene rings is 1. The van der Waals surface area contributed by atoms with Crippen LogP contribution in [0.3, 0.4) is 0 Å². The highest BCUT2D eigenvalue weighted by Gasteiger charge is 2.11. The van der Waals surface area contributed by atoms with Gasteiger partial charge in [0.2, 0.25) is 0 Å². The molecule has 0 fully saturated rings. The molecular weight excluding hydrogens is 301 g/mol. The molecule has 0 radical (unpaired) electrons. The molecule has 1 aromatic rings. The van der Waals surface area contributed by atoms with Crippen LogP contribution in [0.25, 0.3) is 0 Å². The normalized spacial score (nSPS) is 12.2. The first-order chi connectivity index (χ1) is 7.54. The Kier molecular flexibility index (Phi) is 4.98. The number of halogens is 2. The number of hydrogen-bond donors (Lipinski definition) is 1. The number of non-ortho nitro benzene ring substituents is 1. The van der Waals surface area contributed by atoms with Gasteiger partial charge in [0.15, 0.2) is 0 Å². The Hall–Kier alpha value is -0.850. The van der Waals surface area contributed by atoms with E-state index in [1.165, 1.54) is 18.2 Å². The van der Waals surface area contributed by atoms with Crippen molar-refractivity contribution in [1.29, 1.82) is 0 Å². The maximum absolute atomic E-state index is 10.4. The van der Waals surface area contributed by atoms with Crippen molar-refractivity contribution in [3.8, 4) is 5.75 Å². The van der Waals surface area contributed by atoms with Gasteiger partial charge < -0.3 is 9.84 Å². The number of rotatable bonds is 5. The molecule has 0 aliphatic carbocycles. The number of nitro groups is 1. The molecule has 1 rings (SSSR count). The number of alkyl halides is 1. The van der Waals surface area contributed by atoms with Gasteiger partial charge >= 0.3 is 0 Å². The van der Waals surface area contributed by atoms with Crippen LogP contribution in [0.2, 0.25) is 5.02 Å². The van der Waals surface area contributed by atoms with E-state index in [1.807, 2.05) is 0 Å². The summed E-state index contributed by atoms with van der Waals surface area (Å²) in [6, 6.07) is 3.90. The number of ether oxygens (including phenoxy) is 1. The number of aliphatic hydroxyl groups is 1.